The van der Waals surface area contributed by atoms with Crippen molar-refractivity contribution in [2.45, 2.75) is 19.9 Å². The molecule has 0 unspecified atom stereocenters. The van der Waals surface area contributed by atoms with E-state index in [4.69, 9.17) is 14.2 Å². The molecule has 0 amide bonds. The van der Waals surface area contributed by atoms with Crippen molar-refractivity contribution in [3.05, 3.63) is 70.9 Å². The average Bonchev–Trinajstić information content (AvgIpc) is 3.32. The lowest BCUT2D eigenvalue weighted by molar-refractivity contribution is -0.136. The maximum Gasteiger partial charge on any atom is 0.355 e. The minimum Gasteiger partial charge on any atom is -0.494 e. The van der Waals surface area contributed by atoms with Gasteiger partial charge >= 0.3 is 5.97 Å². The highest BCUT2D eigenvalue weighted by Crippen LogP contribution is 2.37. The van der Waals surface area contributed by atoms with E-state index in [9.17, 15) is 9.59 Å². The summed E-state index contributed by atoms with van der Waals surface area (Å²) in [5, 5.41) is 14.6. The number of anilines is 1. The van der Waals surface area contributed by atoms with Crippen LogP contribution in [-0.2, 0) is 9.53 Å². The second-order valence-corrected chi connectivity index (χ2v) is 7.04. The van der Waals surface area contributed by atoms with Gasteiger partial charge in [0.1, 0.15) is 23.2 Å². The number of allylic oxidation sites excluding steroid dienone is 1. The molecule has 2 aromatic carbocycles. The highest BCUT2D eigenvalue weighted by Gasteiger charge is 2.38. The molecule has 1 aliphatic rings. The number of hydrogen-bond acceptors (Lipinski definition) is 9. The molecule has 1 N–H and O–H groups in total. The Morgan fingerprint density at radius 2 is 1.58 bits per heavy atom. The van der Waals surface area contributed by atoms with Gasteiger partial charge in [-0.05, 0) is 66.2 Å². The number of tetrazole rings is 1. The summed E-state index contributed by atoms with van der Waals surface area (Å²) in [6, 6.07) is 13.2. The van der Waals surface area contributed by atoms with Gasteiger partial charge < -0.3 is 19.5 Å². The molecule has 3 aromatic rings. The molecule has 0 spiro atoms. The van der Waals surface area contributed by atoms with E-state index in [0.717, 1.165) is 0 Å². The van der Waals surface area contributed by atoms with Crippen LogP contribution in [-0.4, -0.2) is 52.3 Å². The minimum absolute atomic E-state index is 0.0161. The summed E-state index contributed by atoms with van der Waals surface area (Å²) in [6.07, 6.45) is 0. The number of carbonyl (C=O) groups excluding carboxylic acids is 2. The van der Waals surface area contributed by atoms with Crippen LogP contribution in [0.15, 0.2) is 59.8 Å². The van der Waals surface area contributed by atoms with E-state index in [1.807, 2.05) is 26.0 Å². The van der Waals surface area contributed by atoms with Crippen LogP contribution in [0.2, 0.25) is 0 Å². The number of methoxy groups -OCH3 is 1. The van der Waals surface area contributed by atoms with Gasteiger partial charge in [0.25, 0.3) is 0 Å². The van der Waals surface area contributed by atoms with Crippen LogP contribution < -0.4 is 14.8 Å². The quantitative estimate of drug-likeness (QED) is 0.409. The normalized spacial score (nSPS) is 14.8. The van der Waals surface area contributed by atoms with E-state index in [1.165, 1.54) is 11.8 Å². The van der Waals surface area contributed by atoms with Crippen LogP contribution >= 0.6 is 0 Å². The Morgan fingerprint density at radius 3 is 2.15 bits per heavy atom. The van der Waals surface area contributed by atoms with Crippen LogP contribution in [0.3, 0.4) is 0 Å². The SMILES string of the molecule is CCOc1ccc(C(=O)C2=C(C(=O)OC)Nc3nnnn3[C@@H]2c2ccc(OCC)cc2)cc1. The first-order valence-electron chi connectivity index (χ1n) is 10.4. The Kier molecular flexibility index (Phi) is 6.34. The number of esters is 1. The molecular formula is C23H23N5O5. The van der Waals surface area contributed by atoms with E-state index in [1.54, 1.807) is 36.4 Å². The smallest absolute Gasteiger partial charge is 0.355 e. The molecule has 0 aliphatic carbocycles. The third-order valence-electron chi connectivity index (χ3n) is 5.09. The van der Waals surface area contributed by atoms with E-state index in [-0.39, 0.29) is 23.0 Å². The molecule has 2 heterocycles. The number of hydrogen-bond donors (Lipinski definition) is 1. The molecule has 4 rings (SSSR count). The van der Waals surface area contributed by atoms with Crippen molar-refractivity contribution in [2.24, 2.45) is 0 Å². The molecule has 33 heavy (non-hydrogen) atoms. The first kappa shape index (κ1) is 22.0. The van der Waals surface area contributed by atoms with Gasteiger partial charge in [-0.25, -0.2) is 4.79 Å². The standard InChI is InChI=1S/C23H23N5O5/c1-4-32-16-10-6-14(7-11-16)20-18(21(29)15-8-12-17(13-9-15)33-5-2)19(22(30)31-3)24-23-25-26-27-28(20)23/h6-13,20H,4-5H2,1-3H3,(H,24,25,27)/t20-/m1/s1. The Morgan fingerprint density at radius 1 is 0.970 bits per heavy atom. The minimum atomic E-state index is -0.764. The molecule has 170 valence electrons. The summed E-state index contributed by atoms with van der Waals surface area (Å²) in [7, 11) is 1.25. The van der Waals surface area contributed by atoms with Crippen molar-refractivity contribution in [2.75, 3.05) is 25.6 Å². The Labute approximate surface area is 190 Å². The molecule has 1 aromatic heterocycles. The topological polar surface area (TPSA) is 117 Å². The lowest BCUT2D eigenvalue weighted by Crippen LogP contribution is -2.32. The summed E-state index contributed by atoms with van der Waals surface area (Å²) in [5.74, 6) is 0.477. The number of benzene rings is 2. The molecule has 0 saturated heterocycles. The highest BCUT2D eigenvalue weighted by molar-refractivity contribution is 6.15. The van der Waals surface area contributed by atoms with Gasteiger partial charge in [0, 0.05) is 5.56 Å². The third-order valence-corrected chi connectivity index (χ3v) is 5.09. The van der Waals surface area contributed by atoms with E-state index >= 15 is 0 Å². The number of ketones is 1. The molecule has 10 nitrogen and oxygen atoms in total. The molecule has 10 heteroatoms. The monoisotopic (exact) mass is 449 g/mol. The van der Waals surface area contributed by atoms with Crippen LogP contribution in [0.1, 0.15) is 35.8 Å². The van der Waals surface area contributed by atoms with Gasteiger partial charge in [-0.3, -0.25) is 4.79 Å². The van der Waals surface area contributed by atoms with Crippen molar-refractivity contribution in [3.8, 4) is 11.5 Å². The highest BCUT2D eigenvalue weighted by atomic mass is 16.5. The first-order chi connectivity index (χ1) is 16.1. The van der Waals surface area contributed by atoms with Crippen LogP contribution in [0, 0.1) is 0 Å². The fourth-order valence-electron chi connectivity index (χ4n) is 3.63. The second kappa shape index (κ2) is 9.51. The number of nitrogens with zero attached hydrogens (tertiary/aromatic N) is 4. The third kappa shape index (κ3) is 4.27. The van der Waals surface area contributed by atoms with Crippen molar-refractivity contribution in [1.82, 2.24) is 20.2 Å². The summed E-state index contributed by atoms with van der Waals surface area (Å²) in [5.41, 5.74) is 1.22. The average molecular weight is 449 g/mol. The number of ether oxygens (including phenoxy) is 3. The maximum atomic E-state index is 13.7. The van der Waals surface area contributed by atoms with Gasteiger partial charge in [0.15, 0.2) is 5.78 Å². The molecular weight excluding hydrogens is 426 g/mol. The molecule has 0 radical (unpaired) electrons. The lowest BCUT2D eigenvalue weighted by atomic mass is 9.89. The predicted molar refractivity (Wildman–Crippen MR) is 118 cm³/mol. The lowest BCUT2D eigenvalue weighted by Gasteiger charge is -2.28. The van der Waals surface area contributed by atoms with Gasteiger partial charge in [0.05, 0.1) is 25.9 Å². The van der Waals surface area contributed by atoms with Crippen molar-refractivity contribution >= 4 is 17.7 Å². The van der Waals surface area contributed by atoms with Crippen molar-refractivity contribution in [1.29, 1.82) is 0 Å². The first-order valence-corrected chi connectivity index (χ1v) is 10.4. The fourth-order valence-corrected chi connectivity index (χ4v) is 3.63. The number of Topliss-reactive ketones (excluding diaryl/α,β-unsaturated/α-hetero) is 1. The van der Waals surface area contributed by atoms with Crippen molar-refractivity contribution < 1.29 is 23.8 Å². The van der Waals surface area contributed by atoms with E-state index in [0.29, 0.717) is 35.8 Å². The largest absolute Gasteiger partial charge is 0.494 e. The number of aromatic nitrogens is 4. The van der Waals surface area contributed by atoms with Crippen LogP contribution in [0.5, 0.6) is 11.5 Å². The van der Waals surface area contributed by atoms with Gasteiger partial charge in [-0.1, -0.05) is 17.2 Å². The Bertz CT molecular complexity index is 1180. The molecule has 0 bridgehead atoms. The molecule has 1 aliphatic heterocycles. The van der Waals surface area contributed by atoms with Gasteiger partial charge in [-0.2, -0.15) is 4.68 Å². The summed E-state index contributed by atoms with van der Waals surface area (Å²) < 4.78 is 17.4. The number of carbonyl (C=O) groups is 2. The second-order valence-electron chi connectivity index (χ2n) is 7.04. The van der Waals surface area contributed by atoms with Crippen molar-refractivity contribution in [3.63, 3.8) is 0 Å². The van der Waals surface area contributed by atoms with Crippen LogP contribution in [0.4, 0.5) is 5.95 Å². The van der Waals surface area contributed by atoms with Gasteiger partial charge in [-0.15, -0.1) is 0 Å². The predicted octanol–water partition coefficient (Wildman–Crippen LogP) is 2.80. The summed E-state index contributed by atoms with van der Waals surface area (Å²) >= 11 is 0. The maximum absolute atomic E-state index is 13.7. The Balaban J connectivity index is 1.84. The Hall–Kier alpha value is -4.21. The van der Waals surface area contributed by atoms with Crippen LogP contribution in [0.25, 0.3) is 0 Å². The van der Waals surface area contributed by atoms with Gasteiger partial charge in [0.2, 0.25) is 5.95 Å². The van der Waals surface area contributed by atoms with E-state index < -0.39 is 12.0 Å². The number of nitrogens with one attached hydrogen (secondary N) is 1. The molecule has 0 fully saturated rings. The van der Waals surface area contributed by atoms with E-state index in [2.05, 4.69) is 20.8 Å². The number of rotatable bonds is 8. The zero-order valence-corrected chi connectivity index (χ0v) is 18.4. The fraction of sp³-hybridized carbons (Fsp3) is 0.261. The summed E-state index contributed by atoms with van der Waals surface area (Å²) in [4.78, 5) is 26.4. The molecule has 1 atom stereocenters. The summed E-state index contributed by atoms with van der Waals surface area (Å²) in [6.45, 7) is 4.81. The zero-order chi connectivity index (χ0) is 23.4. The zero-order valence-electron chi connectivity index (χ0n) is 18.4. The number of fused-ring (bicyclic) bond motifs is 1. The molecule has 0 saturated carbocycles.